The lowest BCUT2D eigenvalue weighted by atomic mass is 9.86. The molecule has 2 N–H and O–H groups in total. The van der Waals surface area contributed by atoms with Crippen LogP contribution in [0.5, 0.6) is 0 Å². The fraction of sp³-hybridized carbons (Fsp3) is 0.909. The van der Waals surface area contributed by atoms with Crippen molar-refractivity contribution in [1.29, 1.82) is 0 Å². The molecule has 0 radical (unpaired) electrons. The third-order valence-electron chi connectivity index (χ3n) is 3.51. The molecular formula is C11H20N2O. The topological polar surface area (TPSA) is 46.3 Å². The maximum absolute atomic E-state index is 12.0. The molecule has 2 fully saturated rings. The van der Waals surface area contributed by atoms with E-state index >= 15 is 0 Å². The Balaban J connectivity index is 2.01. The van der Waals surface area contributed by atoms with E-state index in [1.54, 1.807) is 0 Å². The lowest BCUT2D eigenvalue weighted by Gasteiger charge is -2.30. The Hall–Kier alpha value is -0.570. The molecule has 0 aromatic rings. The summed E-state index contributed by atoms with van der Waals surface area (Å²) < 4.78 is 0. The van der Waals surface area contributed by atoms with Crippen LogP contribution in [0.3, 0.4) is 0 Å². The first-order valence-electron chi connectivity index (χ1n) is 5.47. The Morgan fingerprint density at radius 2 is 2.14 bits per heavy atom. The van der Waals surface area contributed by atoms with Crippen molar-refractivity contribution in [2.24, 2.45) is 17.1 Å². The minimum Gasteiger partial charge on any atom is -0.338 e. The Bertz CT molecular complexity index is 253. The van der Waals surface area contributed by atoms with Crippen molar-refractivity contribution in [3.05, 3.63) is 0 Å². The molecule has 2 aliphatic rings. The van der Waals surface area contributed by atoms with Crippen molar-refractivity contribution in [3.8, 4) is 0 Å². The van der Waals surface area contributed by atoms with Crippen LogP contribution in [0.15, 0.2) is 0 Å². The molecule has 0 spiro atoms. The normalized spacial score (nSPS) is 32.7. The second-order valence-electron chi connectivity index (χ2n) is 5.73. The summed E-state index contributed by atoms with van der Waals surface area (Å²) in [5.41, 5.74) is 5.84. The third kappa shape index (κ3) is 1.54. The van der Waals surface area contributed by atoms with Gasteiger partial charge in [0.25, 0.3) is 0 Å². The number of piperidine rings is 1. The van der Waals surface area contributed by atoms with Gasteiger partial charge in [0.05, 0.1) is 6.04 Å². The second kappa shape index (κ2) is 2.96. The summed E-state index contributed by atoms with van der Waals surface area (Å²) in [6.45, 7) is 7.00. The van der Waals surface area contributed by atoms with Crippen molar-refractivity contribution in [1.82, 2.24) is 4.90 Å². The number of carbonyl (C=O) groups is 1. The van der Waals surface area contributed by atoms with Crippen LogP contribution in [0.25, 0.3) is 0 Å². The lowest BCUT2D eigenvalue weighted by molar-refractivity contribution is -0.134. The van der Waals surface area contributed by atoms with E-state index in [2.05, 4.69) is 0 Å². The van der Waals surface area contributed by atoms with E-state index in [1.165, 1.54) is 12.8 Å². The largest absolute Gasteiger partial charge is 0.338 e. The summed E-state index contributed by atoms with van der Waals surface area (Å²) >= 11 is 0. The molecule has 2 rings (SSSR count). The third-order valence-corrected chi connectivity index (χ3v) is 3.51. The van der Waals surface area contributed by atoms with Crippen molar-refractivity contribution < 1.29 is 4.79 Å². The summed E-state index contributed by atoms with van der Waals surface area (Å²) in [7, 11) is 0. The Kier molecular flexibility index (Phi) is 2.11. The molecule has 80 valence electrons. The first kappa shape index (κ1) is 9.97. The van der Waals surface area contributed by atoms with E-state index in [0.29, 0.717) is 6.04 Å². The van der Waals surface area contributed by atoms with Crippen LogP contribution in [0.2, 0.25) is 0 Å². The summed E-state index contributed by atoms with van der Waals surface area (Å²) in [5.74, 6) is 0.952. The highest BCUT2D eigenvalue weighted by atomic mass is 16.2. The highest BCUT2D eigenvalue weighted by Gasteiger charge is 2.50. The molecular weight excluding hydrogens is 176 g/mol. The molecule has 1 aliphatic heterocycles. The van der Waals surface area contributed by atoms with Gasteiger partial charge in [-0.3, -0.25) is 4.79 Å². The number of fused-ring (bicyclic) bond motifs is 1. The number of hydrogen-bond acceptors (Lipinski definition) is 2. The predicted octanol–water partition coefficient (Wildman–Crippen LogP) is 0.981. The van der Waals surface area contributed by atoms with Crippen molar-refractivity contribution in [2.75, 3.05) is 6.54 Å². The lowest BCUT2D eigenvalue weighted by Crippen LogP contribution is -2.50. The summed E-state index contributed by atoms with van der Waals surface area (Å²) in [4.78, 5) is 14.0. The van der Waals surface area contributed by atoms with E-state index in [4.69, 9.17) is 5.73 Å². The maximum atomic E-state index is 12.0. The van der Waals surface area contributed by atoms with Crippen LogP contribution >= 0.6 is 0 Å². The number of nitrogens with two attached hydrogens (primary N) is 1. The van der Waals surface area contributed by atoms with Gasteiger partial charge in [-0.15, -0.1) is 0 Å². The van der Waals surface area contributed by atoms with Gasteiger partial charge in [0, 0.05) is 12.6 Å². The predicted molar refractivity (Wildman–Crippen MR) is 55.7 cm³/mol. The molecule has 1 saturated heterocycles. The molecule has 3 heteroatoms. The van der Waals surface area contributed by atoms with Crippen molar-refractivity contribution in [3.63, 3.8) is 0 Å². The number of carbonyl (C=O) groups excluding carboxylic acids is 1. The van der Waals surface area contributed by atoms with E-state index in [9.17, 15) is 4.79 Å². The summed E-state index contributed by atoms with van der Waals surface area (Å²) in [6, 6.07) is 0.192. The van der Waals surface area contributed by atoms with Crippen LogP contribution < -0.4 is 5.73 Å². The van der Waals surface area contributed by atoms with Crippen LogP contribution in [0.1, 0.15) is 33.6 Å². The van der Waals surface area contributed by atoms with Gasteiger partial charge in [-0.1, -0.05) is 20.8 Å². The fourth-order valence-electron chi connectivity index (χ4n) is 2.22. The highest BCUT2D eigenvalue weighted by Crippen LogP contribution is 2.44. The van der Waals surface area contributed by atoms with Gasteiger partial charge in [0.1, 0.15) is 0 Å². The molecule has 1 heterocycles. The fourth-order valence-corrected chi connectivity index (χ4v) is 2.22. The second-order valence-corrected chi connectivity index (χ2v) is 5.73. The Morgan fingerprint density at radius 3 is 2.50 bits per heavy atom. The molecule has 14 heavy (non-hydrogen) atoms. The van der Waals surface area contributed by atoms with E-state index in [0.717, 1.165) is 12.5 Å². The minimum atomic E-state index is -0.346. The highest BCUT2D eigenvalue weighted by molar-refractivity contribution is 5.83. The zero-order chi connectivity index (χ0) is 10.5. The van der Waals surface area contributed by atoms with Gasteiger partial charge >= 0.3 is 0 Å². The van der Waals surface area contributed by atoms with Gasteiger partial charge in [-0.2, -0.15) is 0 Å². The molecule has 0 aromatic heterocycles. The number of hydrogen-bond donors (Lipinski definition) is 1. The zero-order valence-electron chi connectivity index (χ0n) is 9.29. The summed E-state index contributed by atoms with van der Waals surface area (Å²) in [5, 5.41) is 0. The van der Waals surface area contributed by atoms with E-state index in [-0.39, 0.29) is 17.4 Å². The van der Waals surface area contributed by atoms with Crippen LogP contribution in [-0.4, -0.2) is 29.4 Å². The minimum absolute atomic E-state index is 0.121. The monoisotopic (exact) mass is 196 g/mol. The number of rotatable bonds is 1. The molecule has 1 aliphatic carbocycles. The zero-order valence-corrected chi connectivity index (χ0v) is 9.29. The standard InChI is InChI=1S/C11H20N2O/c1-11(2,3)9(12)10(14)13-5-4-7-6-8(7)13/h7-9H,4-6,12H2,1-3H3/t7-,8+,9+/m0/s1. The molecule has 1 amide bonds. The Labute approximate surface area is 85.6 Å². The van der Waals surface area contributed by atoms with Gasteiger partial charge in [0.15, 0.2) is 0 Å². The number of nitrogens with zero attached hydrogens (tertiary/aromatic N) is 1. The maximum Gasteiger partial charge on any atom is 0.240 e. The average molecular weight is 196 g/mol. The van der Waals surface area contributed by atoms with Gasteiger partial charge in [-0.05, 0) is 24.2 Å². The first-order chi connectivity index (χ1) is 6.41. The van der Waals surface area contributed by atoms with Crippen LogP contribution in [-0.2, 0) is 4.79 Å². The van der Waals surface area contributed by atoms with Gasteiger partial charge < -0.3 is 10.6 Å². The molecule has 3 nitrogen and oxygen atoms in total. The molecule has 0 unspecified atom stereocenters. The van der Waals surface area contributed by atoms with Crippen molar-refractivity contribution >= 4 is 5.91 Å². The smallest absolute Gasteiger partial charge is 0.240 e. The molecule has 1 saturated carbocycles. The molecule has 0 aromatic carbocycles. The molecule has 3 atom stereocenters. The quantitative estimate of drug-likeness (QED) is 0.679. The van der Waals surface area contributed by atoms with Crippen molar-refractivity contribution in [2.45, 2.75) is 45.7 Å². The van der Waals surface area contributed by atoms with Crippen LogP contribution in [0, 0.1) is 11.3 Å². The number of amides is 1. The van der Waals surface area contributed by atoms with Gasteiger partial charge in [0.2, 0.25) is 5.91 Å². The Morgan fingerprint density at radius 1 is 1.50 bits per heavy atom. The number of likely N-dealkylation sites (tertiary alicyclic amines) is 1. The van der Waals surface area contributed by atoms with E-state index in [1.807, 2.05) is 25.7 Å². The molecule has 0 bridgehead atoms. The van der Waals surface area contributed by atoms with E-state index < -0.39 is 0 Å². The first-order valence-corrected chi connectivity index (χ1v) is 5.47. The van der Waals surface area contributed by atoms with Gasteiger partial charge in [-0.25, -0.2) is 0 Å². The average Bonchev–Trinajstić information content (AvgIpc) is 2.74. The van der Waals surface area contributed by atoms with Crippen LogP contribution in [0.4, 0.5) is 0 Å². The summed E-state index contributed by atoms with van der Waals surface area (Å²) in [6.07, 6.45) is 2.40. The SMILES string of the molecule is CC(C)(C)[C@H](N)C(=O)N1CC[C@H]2C[C@H]21.